The minimum Gasteiger partial charge on any atom is -0.462 e. The van der Waals surface area contributed by atoms with E-state index in [1.807, 2.05) is 32.0 Å². The lowest BCUT2D eigenvalue weighted by Gasteiger charge is -2.13. The lowest BCUT2D eigenvalue weighted by molar-refractivity contribution is 0.0526. The van der Waals surface area contributed by atoms with Gasteiger partial charge in [0.25, 0.3) is 5.95 Å². The number of nitrogens with zero attached hydrogens (tertiary/aromatic N) is 4. The number of ether oxygens (including phenoxy) is 1. The van der Waals surface area contributed by atoms with Crippen molar-refractivity contribution in [1.29, 1.82) is 0 Å². The normalized spacial score (nSPS) is 10.6. The van der Waals surface area contributed by atoms with Gasteiger partial charge in [0.1, 0.15) is 5.56 Å². The molecular formula is C18H18ClN5O2. The second-order valence-electron chi connectivity index (χ2n) is 5.60. The Morgan fingerprint density at radius 2 is 2.08 bits per heavy atom. The zero-order valence-electron chi connectivity index (χ0n) is 14.7. The Morgan fingerprint density at radius 3 is 2.73 bits per heavy atom. The average molecular weight is 372 g/mol. The first-order valence-corrected chi connectivity index (χ1v) is 8.46. The number of anilines is 2. The Kier molecular flexibility index (Phi) is 5.18. The molecule has 1 aromatic carbocycles. The molecule has 3 rings (SSSR count). The van der Waals surface area contributed by atoms with Crippen LogP contribution in [0.5, 0.6) is 0 Å². The van der Waals surface area contributed by atoms with Gasteiger partial charge < -0.3 is 10.1 Å². The highest BCUT2D eigenvalue weighted by Crippen LogP contribution is 2.26. The molecule has 0 atom stereocenters. The van der Waals surface area contributed by atoms with Crippen LogP contribution in [-0.4, -0.2) is 32.3 Å². The number of hydrogen-bond donors (Lipinski definition) is 1. The Hall–Kier alpha value is -2.93. The van der Waals surface area contributed by atoms with Gasteiger partial charge in [-0.25, -0.2) is 14.5 Å². The molecule has 0 aliphatic carbocycles. The Balaban J connectivity index is 2.07. The van der Waals surface area contributed by atoms with Crippen LogP contribution in [0.15, 0.2) is 36.5 Å². The van der Waals surface area contributed by atoms with Gasteiger partial charge in [-0.3, -0.25) is 0 Å². The molecule has 0 spiro atoms. The van der Waals surface area contributed by atoms with Crippen LogP contribution in [0.2, 0.25) is 5.02 Å². The molecule has 26 heavy (non-hydrogen) atoms. The second-order valence-corrected chi connectivity index (χ2v) is 6.00. The molecule has 0 saturated carbocycles. The summed E-state index contributed by atoms with van der Waals surface area (Å²) in [6.45, 7) is 5.79. The van der Waals surface area contributed by atoms with Crippen molar-refractivity contribution in [3.8, 4) is 5.95 Å². The predicted octanol–water partition coefficient (Wildman–Crippen LogP) is 3.85. The van der Waals surface area contributed by atoms with E-state index < -0.39 is 5.97 Å². The summed E-state index contributed by atoms with van der Waals surface area (Å²) in [5, 5.41) is 7.98. The van der Waals surface area contributed by atoms with E-state index in [9.17, 15) is 4.79 Å². The van der Waals surface area contributed by atoms with Crippen molar-refractivity contribution in [2.45, 2.75) is 20.8 Å². The standard InChI is InChI=1S/C18H18ClN5O2/c1-4-26-17(25)13-10-20-18(24-12(3)9-11(2)23-24)22-16(13)21-15-8-6-5-7-14(15)19/h5-10H,4H2,1-3H3,(H,20,21,22). The number of benzene rings is 1. The van der Waals surface area contributed by atoms with Gasteiger partial charge in [-0.05, 0) is 39.0 Å². The number of esters is 1. The van der Waals surface area contributed by atoms with Gasteiger partial charge in [-0.1, -0.05) is 23.7 Å². The fourth-order valence-electron chi connectivity index (χ4n) is 2.45. The monoisotopic (exact) mass is 371 g/mol. The van der Waals surface area contributed by atoms with E-state index in [-0.39, 0.29) is 12.2 Å². The summed E-state index contributed by atoms with van der Waals surface area (Å²) in [6, 6.07) is 9.12. The van der Waals surface area contributed by atoms with Gasteiger partial charge in [0.2, 0.25) is 0 Å². The first-order chi connectivity index (χ1) is 12.5. The number of para-hydroxylation sites is 1. The maximum absolute atomic E-state index is 12.3. The molecule has 0 fully saturated rings. The van der Waals surface area contributed by atoms with Gasteiger partial charge >= 0.3 is 5.97 Å². The topological polar surface area (TPSA) is 81.9 Å². The zero-order chi connectivity index (χ0) is 18.7. The van der Waals surface area contributed by atoms with E-state index in [4.69, 9.17) is 16.3 Å². The molecule has 134 valence electrons. The third kappa shape index (κ3) is 3.67. The van der Waals surface area contributed by atoms with Crippen LogP contribution in [0, 0.1) is 13.8 Å². The maximum atomic E-state index is 12.3. The minimum absolute atomic E-state index is 0.219. The average Bonchev–Trinajstić information content (AvgIpc) is 2.95. The minimum atomic E-state index is -0.512. The van der Waals surface area contributed by atoms with E-state index in [0.717, 1.165) is 11.4 Å². The molecule has 0 radical (unpaired) electrons. The van der Waals surface area contributed by atoms with Crippen LogP contribution >= 0.6 is 11.6 Å². The maximum Gasteiger partial charge on any atom is 0.343 e. The van der Waals surface area contributed by atoms with Gasteiger partial charge in [0, 0.05) is 11.9 Å². The largest absolute Gasteiger partial charge is 0.462 e. The SMILES string of the molecule is CCOC(=O)c1cnc(-n2nc(C)cc2C)nc1Nc1ccccc1Cl. The first kappa shape index (κ1) is 17.9. The number of aryl methyl sites for hydroxylation is 2. The summed E-state index contributed by atoms with van der Waals surface area (Å²) in [4.78, 5) is 21.0. The molecule has 2 heterocycles. The summed E-state index contributed by atoms with van der Waals surface area (Å²) < 4.78 is 6.71. The predicted molar refractivity (Wildman–Crippen MR) is 99.3 cm³/mol. The summed E-state index contributed by atoms with van der Waals surface area (Å²) >= 11 is 6.21. The van der Waals surface area contributed by atoms with Crippen molar-refractivity contribution in [2.75, 3.05) is 11.9 Å². The Bertz CT molecular complexity index is 955. The number of carbonyl (C=O) groups excluding carboxylic acids is 1. The van der Waals surface area contributed by atoms with Crippen LogP contribution in [-0.2, 0) is 4.74 Å². The third-order valence-corrected chi connectivity index (χ3v) is 3.93. The number of nitrogens with one attached hydrogen (secondary N) is 1. The first-order valence-electron chi connectivity index (χ1n) is 8.09. The zero-order valence-corrected chi connectivity index (χ0v) is 15.4. The highest BCUT2D eigenvalue weighted by Gasteiger charge is 2.18. The molecule has 0 saturated heterocycles. The highest BCUT2D eigenvalue weighted by molar-refractivity contribution is 6.33. The van der Waals surface area contributed by atoms with Gasteiger partial charge in [0.15, 0.2) is 5.82 Å². The molecule has 2 aromatic heterocycles. The fraction of sp³-hybridized carbons (Fsp3) is 0.222. The summed E-state index contributed by atoms with van der Waals surface area (Å²) in [7, 11) is 0. The van der Waals surface area contributed by atoms with Crippen LogP contribution in [0.1, 0.15) is 28.7 Å². The van der Waals surface area contributed by atoms with Crippen LogP contribution in [0.25, 0.3) is 5.95 Å². The molecule has 8 heteroatoms. The van der Waals surface area contributed by atoms with Crippen LogP contribution in [0.3, 0.4) is 0 Å². The lowest BCUT2D eigenvalue weighted by atomic mass is 10.2. The third-order valence-electron chi connectivity index (χ3n) is 3.60. The van der Waals surface area contributed by atoms with Gasteiger partial charge in [0.05, 0.1) is 23.0 Å². The van der Waals surface area contributed by atoms with Gasteiger partial charge in [-0.2, -0.15) is 10.1 Å². The summed E-state index contributed by atoms with van der Waals surface area (Å²) in [6.07, 6.45) is 1.43. The molecule has 0 bridgehead atoms. The molecule has 0 aliphatic rings. The van der Waals surface area contributed by atoms with E-state index in [0.29, 0.717) is 22.5 Å². The van der Waals surface area contributed by atoms with Crippen molar-refractivity contribution in [2.24, 2.45) is 0 Å². The van der Waals surface area contributed by atoms with Gasteiger partial charge in [-0.15, -0.1) is 0 Å². The summed E-state index contributed by atoms with van der Waals surface area (Å²) in [5.74, 6) is 0.134. The van der Waals surface area contributed by atoms with E-state index in [1.54, 1.807) is 23.7 Å². The van der Waals surface area contributed by atoms with Crippen molar-refractivity contribution < 1.29 is 9.53 Å². The molecular weight excluding hydrogens is 354 g/mol. The number of hydrogen-bond acceptors (Lipinski definition) is 6. The quantitative estimate of drug-likeness (QED) is 0.686. The summed E-state index contributed by atoms with van der Waals surface area (Å²) in [5.41, 5.74) is 2.58. The molecule has 0 aliphatic heterocycles. The highest BCUT2D eigenvalue weighted by atomic mass is 35.5. The Morgan fingerprint density at radius 1 is 1.31 bits per heavy atom. The van der Waals surface area contributed by atoms with E-state index in [2.05, 4.69) is 20.4 Å². The van der Waals surface area contributed by atoms with Crippen molar-refractivity contribution in [1.82, 2.24) is 19.7 Å². The second kappa shape index (κ2) is 7.53. The van der Waals surface area contributed by atoms with E-state index >= 15 is 0 Å². The molecule has 1 N–H and O–H groups in total. The number of carbonyl (C=O) groups is 1. The Labute approximate surface area is 156 Å². The number of rotatable bonds is 5. The molecule has 7 nitrogen and oxygen atoms in total. The van der Waals surface area contributed by atoms with Crippen molar-refractivity contribution in [3.63, 3.8) is 0 Å². The van der Waals surface area contributed by atoms with Crippen LogP contribution < -0.4 is 5.32 Å². The van der Waals surface area contributed by atoms with Crippen LogP contribution in [0.4, 0.5) is 11.5 Å². The lowest BCUT2D eigenvalue weighted by Crippen LogP contribution is -2.13. The molecule has 0 amide bonds. The van der Waals surface area contributed by atoms with Crippen molar-refractivity contribution in [3.05, 3.63) is 58.5 Å². The number of halogens is 1. The number of aromatic nitrogens is 4. The van der Waals surface area contributed by atoms with Crippen molar-refractivity contribution >= 4 is 29.1 Å². The fourth-order valence-corrected chi connectivity index (χ4v) is 2.63. The van der Waals surface area contributed by atoms with E-state index in [1.165, 1.54) is 6.20 Å². The molecule has 3 aromatic rings. The molecule has 0 unspecified atom stereocenters. The smallest absolute Gasteiger partial charge is 0.343 e.